The highest BCUT2D eigenvalue weighted by atomic mass is 32.5. The molecule has 0 saturated carbocycles. The van der Waals surface area contributed by atoms with E-state index in [0.29, 0.717) is 5.06 Å². The number of hydrogen-bond acceptors (Lipinski definition) is 3. The van der Waals surface area contributed by atoms with Crippen molar-refractivity contribution in [2.75, 3.05) is 19.5 Å². The van der Waals surface area contributed by atoms with E-state index in [9.17, 15) is 42.2 Å². The monoisotopic (exact) mass is 402 g/mol. The van der Waals surface area contributed by atoms with Gasteiger partial charge in [0.15, 0.2) is 0 Å². The van der Waals surface area contributed by atoms with Crippen LogP contribution in [-0.2, 0) is 9.63 Å². The van der Waals surface area contributed by atoms with Crippen molar-refractivity contribution in [3.63, 3.8) is 0 Å². The molecule has 144 valence electrons. The van der Waals surface area contributed by atoms with Crippen molar-refractivity contribution in [2.45, 2.75) is 11.1 Å². The van der Waals surface area contributed by atoms with Crippen molar-refractivity contribution in [3.8, 4) is 0 Å². The molecule has 0 fully saturated rings. The van der Waals surface area contributed by atoms with Gasteiger partial charge in [0.1, 0.15) is 4.90 Å². The molecule has 0 bridgehead atoms. The Labute approximate surface area is 135 Å². The molecule has 0 atom stereocenters. The van der Waals surface area contributed by atoms with Crippen LogP contribution >= 0.6 is 10.2 Å². The smallest absolute Gasteiger partial charge is 0.317 e. The minimum atomic E-state index is -10.3. The third kappa shape index (κ3) is 5.19. The number of rotatable bonds is 4. The van der Waals surface area contributed by atoms with Gasteiger partial charge in [-0.25, -0.2) is 5.06 Å². The normalized spacial score (nSPS) is 15.1. The fraction of sp³-hybridized carbons (Fsp3) is 0.273. The fourth-order valence-electron chi connectivity index (χ4n) is 1.50. The van der Waals surface area contributed by atoms with Gasteiger partial charge in [0.2, 0.25) is 0 Å². The third-order valence-corrected chi connectivity index (χ3v) is 3.88. The molecule has 0 aromatic heterocycles. The van der Waals surface area contributed by atoms with Gasteiger partial charge in [-0.15, -0.1) is 0 Å². The van der Waals surface area contributed by atoms with Crippen molar-refractivity contribution in [1.29, 1.82) is 0 Å². The molecular formula is C11H10F8N2O3S. The van der Waals surface area contributed by atoms with E-state index in [1.807, 2.05) is 0 Å². The van der Waals surface area contributed by atoms with Crippen molar-refractivity contribution in [2.24, 2.45) is 0 Å². The van der Waals surface area contributed by atoms with E-state index in [-0.39, 0.29) is 12.1 Å². The third-order valence-electron chi connectivity index (χ3n) is 2.73. The zero-order valence-electron chi connectivity index (χ0n) is 12.3. The molecule has 25 heavy (non-hydrogen) atoms. The lowest BCUT2D eigenvalue weighted by molar-refractivity contribution is -0.167. The van der Waals surface area contributed by atoms with Gasteiger partial charge in [-0.05, 0) is 18.2 Å². The number of alkyl halides is 3. The SMILES string of the molecule is CON(C)C(=O)c1ccc(S(F)(F)(F)(F)F)cc1NC(=O)C(F)(F)F. The van der Waals surface area contributed by atoms with Crippen LogP contribution in [0, 0.1) is 0 Å². The van der Waals surface area contributed by atoms with E-state index < -0.39 is 50.4 Å². The van der Waals surface area contributed by atoms with E-state index in [1.54, 1.807) is 0 Å². The second-order valence-electron chi connectivity index (χ2n) is 4.61. The molecule has 0 aliphatic rings. The minimum absolute atomic E-state index is 0.179. The van der Waals surface area contributed by atoms with Gasteiger partial charge >= 0.3 is 22.3 Å². The quantitative estimate of drug-likeness (QED) is 0.597. The molecule has 2 amide bonds. The van der Waals surface area contributed by atoms with Gasteiger partial charge in [0.05, 0.1) is 18.4 Å². The maximum atomic E-state index is 12.8. The second kappa shape index (κ2) is 5.45. The number of carbonyl (C=O) groups is 2. The van der Waals surface area contributed by atoms with Crippen LogP contribution in [0.3, 0.4) is 0 Å². The molecule has 5 nitrogen and oxygen atoms in total. The molecule has 1 aromatic carbocycles. The van der Waals surface area contributed by atoms with E-state index in [2.05, 4.69) is 4.84 Å². The van der Waals surface area contributed by atoms with Crippen molar-refractivity contribution in [3.05, 3.63) is 23.8 Å². The summed E-state index contributed by atoms with van der Waals surface area (Å²) in [5, 5.41) is 1.38. The van der Waals surface area contributed by atoms with Crippen LogP contribution in [0.25, 0.3) is 0 Å². The molecule has 0 spiro atoms. The minimum Gasteiger partial charge on any atom is -0.317 e. The molecule has 0 saturated heterocycles. The summed E-state index contributed by atoms with van der Waals surface area (Å²) in [5.41, 5.74) is -2.32. The van der Waals surface area contributed by atoms with Crippen LogP contribution in [0.4, 0.5) is 38.3 Å². The van der Waals surface area contributed by atoms with Crippen LogP contribution in [0.2, 0.25) is 0 Å². The predicted octanol–water partition coefficient (Wildman–Crippen LogP) is 4.48. The van der Waals surface area contributed by atoms with Gasteiger partial charge in [0, 0.05) is 7.05 Å². The average Bonchev–Trinajstić information content (AvgIpc) is 2.42. The Bertz CT molecular complexity index is 717. The lowest BCUT2D eigenvalue weighted by atomic mass is 10.1. The summed E-state index contributed by atoms with van der Waals surface area (Å²) >= 11 is 0. The van der Waals surface area contributed by atoms with Crippen molar-refractivity contribution >= 4 is 27.7 Å². The number of anilines is 1. The first-order valence-corrected chi connectivity index (χ1v) is 7.90. The Morgan fingerprint density at radius 1 is 1.12 bits per heavy atom. The molecule has 1 rings (SSSR count). The molecule has 0 radical (unpaired) electrons. The Morgan fingerprint density at radius 3 is 2.04 bits per heavy atom. The van der Waals surface area contributed by atoms with Crippen LogP contribution in [-0.4, -0.2) is 37.2 Å². The van der Waals surface area contributed by atoms with Crippen LogP contribution in [0.1, 0.15) is 10.4 Å². The maximum Gasteiger partial charge on any atom is 0.471 e. The van der Waals surface area contributed by atoms with Gasteiger partial charge < -0.3 is 5.32 Å². The number of carbonyl (C=O) groups excluding carboxylic acids is 2. The number of hydrogen-bond donors (Lipinski definition) is 1. The highest BCUT2D eigenvalue weighted by Gasteiger charge is 2.65. The summed E-state index contributed by atoms with van der Waals surface area (Å²) in [4.78, 5) is 24.6. The Balaban J connectivity index is 3.56. The first kappa shape index (κ1) is 21.0. The Morgan fingerprint density at radius 2 is 1.64 bits per heavy atom. The summed E-state index contributed by atoms with van der Waals surface area (Å²) in [7, 11) is -8.35. The standard InChI is InChI=1S/C11H10F8N2O3S/c1-21(24-2)9(22)7-4-3-6(25(15,16,17,18)19)5-8(7)20-10(23)11(12,13)14/h3-5H,1-2H3,(H,20,23). The zero-order valence-corrected chi connectivity index (χ0v) is 13.2. The molecular weight excluding hydrogens is 392 g/mol. The molecule has 1 N–H and O–H groups in total. The summed E-state index contributed by atoms with van der Waals surface area (Å²) in [6.07, 6.45) is -5.53. The highest BCUT2D eigenvalue weighted by molar-refractivity contribution is 8.45. The average molecular weight is 402 g/mol. The maximum absolute atomic E-state index is 12.8. The molecule has 0 unspecified atom stereocenters. The number of nitrogens with one attached hydrogen (secondary N) is 1. The van der Waals surface area contributed by atoms with E-state index >= 15 is 0 Å². The van der Waals surface area contributed by atoms with Crippen LogP contribution in [0.5, 0.6) is 0 Å². The van der Waals surface area contributed by atoms with Crippen molar-refractivity contribution < 1.29 is 47.0 Å². The zero-order chi connectivity index (χ0) is 19.9. The Hall–Kier alpha value is -2.09. The summed E-state index contributed by atoms with van der Waals surface area (Å²) in [6.45, 7) is 0. The van der Waals surface area contributed by atoms with Crippen LogP contribution < -0.4 is 5.32 Å². The summed E-state index contributed by atoms with van der Waals surface area (Å²) in [5.74, 6) is -4.03. The largest absolute Gasteiger partial charge is 0.471 e. The number of nitrogens with zero attached hydrogens (tertiary/aromatic N) is 1. The topological polar surface area (TPSA) is 58.6 Å². The van der Waals surface area contributed by atoms with E-state index in [4.69, 9.17) is 0 Å². The van der Waals surface area contributed by atoms with Crippen molar-refractivity contribution in [1.82, 2.24) is 5.06 Å². The lowest BCUT2D eigenvalue weighted by Gasteiger charge is -2.40. The van der Waals surface area contributed by atoms with E-state index in [0.717, 1.165) is 19.5 Å². The number of hydroxylamine groups is 2. The molecule has 0 aliphatic heterocycles. The van der Waals surface area contributed by atoms with E-state index in [1.165, 1.54) is 0 Å². The summed E-state index contributed by atoms with van der Waals surface area (Å²) < 4.78 is 101. The molecule has 0 aliphatic carbocycles. The first-order chi connectivity index (χ1) is 10.9. The first-order valence-electron chi connectivity index (χ1n) is 5.95. The van der Waals surface area contributed by atoms with Gasteiger partial charge in [-0.2, -0.15) is 13.2 Å². The molecule has 14 heteroatoms. The summed E-state index contributed by atoms with van der Waals surface area (Å²) in [6, 6.07) is -0.416. The highest BCUT2D eigenvalue weighted by Crippen LogP contribution is 3.02. The fourth-order valence-corrected chi connectivity index (χ4v) is 2.16. The predicted molar refractivity (Wildman–Crippen MR) is 71.6 cm³/mol. The number of benzene rings is 1. The number of halogens is 8. The van der Waals surface area contributed by atoms with Gasteiger partial charge in [0.25, 0.3) is 5.91 Å². The molecule has 0 heterocycles. The molecule has 1 aromatic rings. The van der Waals surface area contributed by atoms with Gasteiger partial charge in [-0.1, -0.05) is 19.4 Å². The van der Waals surface area contributed by atoms with Crippen LogP contribution in [0.15, 0.2) is 23.1 Å². The lowest BCUT2D eigenvalue weighted by Crippen LogP contribution is -2.32. The number of amides is 2. The Kier molecular flexibility index (Phi) is 4.57. The second-order valence-corrected chi connectivity index (χ2v) is 7.02. The van der Waals surface area contributed by atoms with Gasteiger partial charge in [-0.3, -0.25) is 14.4 Å².